The summed E-state index contributed by atoms with van der Waals surface area (Å²) in [6.07, 6.45) is -0.630. The van der Waals surface area contributed by atoms with Crippen LogP contribution in [-0.4, -0.2) is 64.9 Å². The second kappa shape index (κ2) is 9.58. The number of hydrogen-bond donors (Lipinski definition) is 2. The first-order valence-corrected chi connectivity index (χ1v) is 11.8. The Kier molecular flexibility index (Phi) is 7.33. The van der Waals surface area contributed by atoms with E-state index in [0.29, 0.717) is 12.4 Å². The number of rotatable bonds is 7. The van der Waals surface area contributed by atoms with E-state index in [1.54, 1.807) is 4.90 Å². The van der Waals surface area contributed by atoms with Gasteiger partial charge in [-0.05, 0) is 65.1 Å². The molecule has 3 rings (SSSR count). The van der Waals surface area contributed by atoms with Crippen LogP contribution in [0.4, 0.5) is 4.79 Å². The first-order chi connectivity index (χ1) is 15.8. The van der Waals surface area contributed by atoms with Crippen molar-refractivity contribution in [2.45, 2.75) is 78.7 Å². The van der Waals surface area contributed by atoms with Crippen LogP contribution in [0.5, 0.6) is 0 Å². The molecule has 2 amide bonds. The van der Waals surface area contributed by atoms with E-state index in [1.165, 1.54) is 7.11 Å². The Hall–Kier alpha value is -2.59. The molecule has 34 heavy (non-hydrogen) atoms. The standard InChI is InChI=1S/C24H37BN4O5/c1-10-29(21(30)19(14(2)3)28-22(31)32-9)15(4)20-26-17-12-11-16(13-18(17)27-20)25-33-23(5,6)24(7,8)34-25/h11-15,19H,10H2,1-9H3,(H,26,27)(H,28,31)/t15-,19-/m0/s1. The highest BCUT2D eigenvalue weighted by molar-refractivity contribution is 6.62. The summed E-state index contributed by atoms with van der Waals surface area (Å²) < 4.78 is 17.1. The highest BCUT2D eigenvalue weighted by atomic mass is 16.7. The average Bonchev–Trinajstić information content (AvgIpc) is 3.28. The second-order valence-electron chi connectivity index (χ2n) is 10.1. The smallest absolute Gasteiger partial charge is 0.453 e. The number of likely N-dealkylation sites (N-methyl/N-ethyl adjacent to an activating group) is 1. The number of fused-ring (bicyclic) bond motifs is 1. The van der Waals surface area contributed by atoms with Crippen LogP contribution in [0.3, 0.4) is 0 Å². The number of amides is 2. The summed E-state index contributed by atoms with van der Waals surface area (Å²) >= 11 is 0. The molecule has 1 aliphatic rings. The molecule has 1 aromatic heterocycles. The monoisotopic (exact) mass is 472 g/mol. The third kappa shape index (κ3) is 4.93. The minimum atomic E-state index is -0.700. The fourth-order valence-electron chi connectivity index (χ4n) is 4.02. The normalized spacial score (nSPS) is 18.7. The predicted octanol–water partition coefficient (Wildman–Crippen LogP) is 3.15. The zero-order valence-corrected chi connectivity index (χ0v) is 21.7. The number of carbonyl (C=O) groups is 2. The third-order valence-corrected chi connectivity index (χ3v) is 6.93. The molecule has 1 aliphatic heterocycles. The SMILES string of the molecule is CCN(C(=O)[C@@H](NC(=O)OC)C(C)C)[C@@H](C)c1nc2ccc(B3OC(C)(C)C(C)(C)O3)cc2[nH]1. The number of H-pyrrole nitrogens is 1. The van der Waals surface area contributed by atoms with Gasteiger partial charge in [-0.15, -0.1) is 0 Å². The molecule has 2 atom stereocenters. The fraction of sp³-hybridized carbons (Fsp3) is 0.625. The molecule has 9 nitrogen and oxygen atoms in total. The third-order valence-electron chi connectivity index (χ3n) is 6.93. The van der Waals surface area contributed by atoms with Crippen molar-refractivity contribution < 1.29 is 23.6 Å². The molecular weight excluding hydrogens is 435 g/mol. The molecule has 0 bridgehead atoms. The molecule has 0 saturated carbocycles. The molecule has 0 unspecified atom stereocenters. The number of hydrogen-bond acceptors (Lipinski definition) is 6. The van der Waals surface area contributed by atoms with E-state index in [2.05, 4.69) is 10.3 Å². The van der Waals surface area contributed by atoms with E-state index in [4.69, 9.17) is 19.0 Å². The number of methoxy groups -OCH3 is 1. The topological polar surface area (TPSA) is 106 Å². The van der Waals surface area contributed by atoms with Gasteiger partial charge in [0.1, 0.15) is 11.9 Å². The highest BCUT2D eigenvalue weighted by Crippen LogP contribution is 2.36. The first-order valence-electron chi connectivity index (χ1n) is 11.8. The van der Waals surface area contributed by atoms with E-state index in [0.717, 1.165) is 16.5 Å². The number of nitrogens with one attached hydrogen (secondary N) is 2. The lowest BCUT2D eigenvalue weighted by atomic mass is 9.79. The van der Waals surface area contributed by atoms with Crippen molar-refractivity contribution in [2.75, 3.05) is 13.7 Å². The van der Waals surface area contributed by atoms with Crippen molar-refractivity contribution in [2.24, 2.45) is 5.92 Å². The number of aromatic amines is 1. The molecule has 2 N–H and O–H groups in total. The van der Waals surface area contributed by atoms with Crippen LogP contribution < -0.4 is 10.8 Å². The van der Waals surface area contributed by atoms with Gasteiger partial charge in [-0.3, -0.25) is 4.79 Å². The zero-order valence-electron chi connectivity index (χ0n) is 21.7. The van der Waals surface area contributed by atoms with Crippen molar-refractivity contribution in [1.82, 2.24) is 20.2 Å². The summed E-state index contributed by atoms with van der Waals surface area (Å²) in [5, 5.41) is 2.65. The van der Waals surface area contributed by atoms with E-state index >= 15 is 0 Å². The minimum Gasteiger partial charge on any atom is -0.453 e. The Morgan fingerprint density at radius 3 is 2.32 bits per heavy atom. The van der Waals surface area contributed by atoms with Gasteiger partial charge < -0.3 is 29.2 Å². The van der Waals surface area contributed by atoms with Crippen molar-refractivity contribution in [3.05, 3.63) is 24.0 Å². The van der Waals surface area contributed by atoms with Gasteiger partial charge >= 0.3 is 13.2 Å². The largest absolute Gasteiger partial charge is 0.494 e. The van der Waals surface area contributed by atoms with E-state index in [1.807, 2.05) is 73.6 Å². The number of aromatic nitrogens is 2. The second-order valence-corrected chi connectivity index (χ2v) is 10.1. The molecule has 1 fully saturated rings. The van der Waals surface area contributed by atoms with Crippen molar-refractivity contribution >= 4 is 35.6 Å². The van der Waals surface area contributed by atoms with Gasteiger partial charge in [-0.1, -0.05) is 19.9 Å². The van der Waals surface area contributed by atoms with Gasteiger partial charge in [0.05, 0.1) is 35.4 Å². The minimum absolute atomic E-state index is 0.106. The molecule has 0 aliphatic carbocycles. The molecule has 1 saturated heterocycles. The maximum absolute atomic E-state index is 13.3. The van der Waals surface area contributed by atoms with Crippen LogP contribution >= 0.6 is 0 Å². The van der Waals surface area contributed by atoms with Crippen LogP contribution in [0, 0.1) is 5.92 Å². The van der Waals surface area contributed by atoms with Crippen LogP contribution in [-0.2, 0) is 18.8 Å². The lowest BCUT2D eigenvalue weighted by Gasteiger charge is -2.32. The molecule has 2 aromatic rings. The van der Waals surface area contributed by atoms with E-state index < -0.39 is 30.5 Å². The maximum Gasteiger partial charge on any atom is 0.494 e. The highest BCUT2D eigenvalue weighted by Gasteiger charge is 2.51. The molecule has 186 valence electrons. The summed E-state index contributed by atoms with van der Waals surface area (Å²) in [5.74, 6) is 0.372. The van der Waals surface area contributed by atoms with Gasteiger partial charge in [-0.25, -0.2) is 9.78 Å². The summed E-state index contributed by atoms with van der Waals surface area (Å²) in [6.45, 7) is 16.2. The Morgan fingerprint density at radius 2 is 1.79 bits per heavy atom. The van der Waals surface area contributed by atoms with Gasteiger partial charge in [0.2, 0.25) is 5.91 Å². The summed E-state index contributed by atoms with van der Waals surface area (Å²) in [7, 11) is 0.812. The maximum atomic E-state index is 13.3. The van der Waals surface area contributed by atoms with Gasteiger partial charge in [0, 0.05) is 6.54 Å². The molecule has 2 heterocycles. The molecule has 0 spiro atoms. The molecule has 10 heteroatoms. The lowest BCUT2D eigenvalue weighted by molar-refractivity contribution is -0.136. The van der Waals surface area contributed by atoms with Crippen LogP contribution in [0.25, 0.3) is 11.0 Å². The van der Waals surface area contributed by atoms with Crippen molar-refractivity contribution in [3.8, 4) is 0 Å². The van der Waals surface area contributed by atoms with Gasteiger partial charge in [0.15, 0.2) is 0 Å². The van der Waals surface area contributed by atoms with Crippen molar-refractivity contribution in [3.63, 3.8) is 0 Å². The van der Waals surface area contributed by atoms with Gasteiger partial charge in [0.25, 0.3) is 0 Å². The number of benzene rings is 1. The van der Waals surface area contributed by atoms with E-state index in [9.17, 15) is 9.59 Å². The molecule has 1 aromatic carbocycles. The first kappa shape index (κ1) is 26.0. The Labute approximate surface area is 202 Å². The van der Waals surface area contributed by atoms with Crippen LogP contribution in [0.1, 0.15) is 67.3 Å². The number of alkyl carbamates (subject to hydrolysis) is 1. The quantitative estimate of drug-likeness (QED) is 0.600. The van der Waals surface area contributed by atoms with Crippen LogP contribution in [0.15, 0.2) is 18.2 Å². The summed E-state index contributed by atoms with van der Waals surface area (Å²) in [5.41, 5.74) is 1.69. The number of carbonyl (C=O) groups excluding carboxylic acids is 2. The number of imidazole rings is 1. The Morgan fingerprint density at radius 1 is 1.18 bits per heavy atom. The number of nitrogens with zero attached hydrogens (tertiary/aromatic N) is 2. The number of ether oxygens (including phenoxy) is 1. The summed E-state index contributed by atoms with van der Waals surface area (Å²) in [4.78, 5) is 34.9. The average molecular weight is 472 g/mol. The predicted molar refractivity (Wildman–Crippen MR) is 132 cm³/mol. The summed E-state index contributed by atoms with van der Waals surface area (Å²) in [6, 6.07) is 4.84. The lowest BCUT2D eigenvalue weighted by Crippen LogP contribution is -2.51. The zero-order chi connectivity index (χ0) is 25.4. The van der Waals surface area contributed by atoms with Gasteiger partial charge in [-0.2, -0.15) is 0 Å². The van der Waals surface area contributed by atoms with Crippen molar-refractivity contribution in [1.29, 1.82) is 0 Å². The molecule has 0 radical (unpaired) electrons. The van der Waals surface area contributed by atoms with Crippen LogP contribution in [0.2, 0.25) is 0 Å². The molecular formula is C24H37BN4O5. The Bertz CT molecular complexity index is 1040. The Balaban J connectivity index is 1.85. The fourth-order valence-corrected chi connectivity index (χ4v) is 4.02. The van der Waals surface area contributed by atoms with E-state index in [-0.39, 0.29) is 17.9 Å².